The zero-order chi connectivity index (χ0) is 13.2. The SMILES string of the molecule is [N-]=[N+]=CC(=O)CCCCS(=O)Cc1ccccc1. The molecule has 0 aliphatic carbocycles. The summed E-state index contributed by atoms with van der Waals surface area (Å²) in [5, 5.41) is 0. The number of carbonyl (C=O) groups excluding carboxylic acids is 1. The molecule has 0 fully saturated rings. The van der Waals surface area contributed by atoms with Crippen LogP contribution in [0.4, 0.5) is 0 Å². The van der Waals surface area contributed by atoms with Crippen LogP contribution in [0.2, 0.25) is 0 Å². The first-order valence-corrected chi connectivity index (χ1v) is 7.30. The van der Waals surface area contributed by atoms with Gasteiger partial charge in [0.1, 0.15) is 0 Å². The van der Waals surface area contributed by atoms with Gasteiger partial charge in [-0.3, -0.25) is 9.00 Å². The molecule has 0 aliphatic heterocycles. The third-order valence-electron chi connectivity index (χ3n) is 2.42. The normalized spacial score (nSPS) is 11.6. The minimum Gasteiger partial charge on any atom is -0.361 e. The summed E-state index contributed by atoms with van der Waals surface area (Å²) in [6.45, 7) is 0. The minimum atomic E-state index is -0.884. The molecule has 0 bridgehead atoms. The van der Waals surface area contributed by atoms with E-state index in [-0.39, 0.29) is 5.78 Å². The molecule has 1 aromatic carbocycles. The molecule has 0 N–H and O–H groups in total. The molecular weight excluding hydrogens is 248 g/mol. The number of unbranched alkanes of at least 4 members (excludes halogenated alkanes) is 1. The zero-order valence-electron chi connectivity index (χ0n) is 10.1. The summed E-state index contributed by atoms with van der Waals surface area (Å²) in [4.78, 5) is 13.7. The molecule has 0 spiro atoms. The first-order valence-electron chi connectivity index (χ1n) is 5.81. The maximum atomic E-state index is 11.7. The van der Waals surface area contributed by atoms with Crippen LogP contribution in [-0.4, -0.2) is 26.7 Å². The highest BCUT2D eigenvalue weighted by Gasteiger charge is 2.04. The molecule has 1 aromatic rings. The lowest BCUT2D eigenvalue weighted by atomic mass is 10.2. The Kier molecular flexibility index (Phi) is 6.84. The Morgan fingerprint density at radius 3 is 2.67 bits per heavy atom. The van der Waals surface area contributed by atoms with E-state index in [9.17, 15) is 9.00 Å². The fraction of sp³-hybridized carbons (Fsp3) is 0.385. The lowest BCUT2D eigenvalue weighted by Crippen LogP contribution is -2.04. The van der Waals surface area contributed by atoms with Crippen LogP contribution >= 0.6 is 0 Å². The van der Waals surface area contributed by atoms with E-state index in [1.165, 1.54) is 0 Å². The first kappa shape index (κ1) is 14.5. The Morgan fingerprint density at radius 1 is 1.28 bits per heavy atom. The van der Waals surface area contributed by atoms with Gasteiger partial charge >= 0.3 is 6.21 Å². The highest BCUT2D eigenvalue weighted by Crippen LogP contribution is 2.05. The number of benzene rings is 1. The Morgan fingerprint density at radius 2 is 2.00 bits per heavy atom. The van der Waals surface area contributed by atoms with E-state index in [0.29, 0.717) is 24.3 Å². The molecule has 96 valence electrons. The van der Waals surface area contributed by atoms with Crippen molar-refractivity contribution in [1.29, 1.82) is 0 Å². The fourth-order valence-corrected chi connectivity index (χ4v) is 2.76. The maximum absolute atomic E-state index is 11.7. The number of carbonyl (C=O) groups is 1. The van der Waals surface area contributed by atoms with Crippen molar-refractivity contribution in [2.75, 3.05) is 5.75 Å². The number of Topliss-reactive ketones (excluding diaryl/α,β-unsaturated/α-hetero) is 1. The predicted molar refractivity (Wildman–Crippen MR) is 71.7 cm³/mol. The summed E-state index contributed by atoms with van der Waals surface area (Å²) in [6.07, 6.45) is 2.66. The largest absolute Gasteiger partial charge is 0.361 e. The molecule has 0 aromatic heterocycles. The van der Waals surface area contributed by atoms with E-state index < -0.39 is 10.8 Å². The Balaban J connectivity index is 2.18. The van der Waals surface area contributed by atoms with E-state index in [1.54, 1.807) is 0 Å². The molecule has 4 nitrogen and oxygen atoms in total. The predicted octanol–water partition coefficient (Wildman–Crippen LogP) is 1.98. The smallest absolute Gasteiger partial charge is 0.323 e. The summed E-state index contributed by atoms with van der Waals surface area (Å²) < 4.78 is 11.7. The summed E-state index contributed by atoms with van der Waals surface area (Å²) in [6, 6.07) is 9.71. The van der Waals surface area contributed by atoms with E-state index in [0.717, 1.165) is 18.2 Å². The second-order valence-electron chi connectivity index (χ2n) is 3.94. The summed E-state index contributed by atoms with van der Waals surface area (Å²) in [5.41, 5.74) is 9.21. The fourth-order valence-electron chi connectivity index (χ4n) is 1.52. The van der Waals surface area contributed by atoms with Crippen LogP contribution < -0.4 is 0 Å². The van der Waals surface area contributed by atoms with Crippen molar-refractivity contribution >= 4 is 22.8 Å². The number of rotatable bonds is 8. The second kappa shape index (κ2) is 8.50. The molecule has 0 saturated heterocycles. The standard InChI is InChI=1S/C13H16N2O2S/c14-15-10-13(16)8-4-5-9-18(17)11-12-6-2-1-3-7-12/h1-3,6-7,10H,4-5,8-9,11H2. The first-order chi connectivity index (χ1) is 8.72. The van der Waals surface area contributed by atoms with Gasteiger partial charge in [0, 0.05) is 28.7 Å². The average Bonchev–Trinajstić information content (AvgIpc) is 2.36. The molecule has 18 heavy (non-hydrogen) atoms. The van der Waals surface area contributed by atoms with Crippen molar-refractivity contribution in [2.24, 2.45) is 0 Å². The van der Waals surface area contributed by atoms with Gasteiger partial charge in [-0.05, 0) is 18.4 Å². The Labute approximate surface area is 109 Å². The lowest BCUT2D eigenvalue weighted by Gasteiger charge is -2.01. The molecular formula is C13H16N2O2S. The second-order valence-corrected chi connectivity index (χ2v) is 5.52. The van der Waals surface area contributed by atoms with Crippen molar-refractivity contribution in [1.82, 2.24) is 0 Å². The highest BCUT2D eigenvalue weighted by atomic mass is 32.2. The van der Waals surface area contributed by atoms with Crippen LogP contribution in [-0.2, 0) is 21.3 Å². The Bertz CT molecular complexity index is 453. The van der Waals surface area contributed by atoms with Crippen LogP contribution in [0.25, 0.3) is 5.53 Å². The van der Waals surface area contributed by atoms with Gasteiger partial charge in [-0.25, -0.2) is 0 Å². The molecule has 0 saturated carbocycles. The monoisotopic (exact) mass is 264 g/mol. The molecule has 1 unspecified atom stereocenters. The van der Waals surface area contributed by atoms with Crippen molar-refractivity contribution in [3.05, 3.63) is 41.4 Å². The molecule has 0 radical (unpaired) electrons. The van der Waals surface area contributed by atoms with Gasteiger partial charge < -0.3 is 5.53 Å². The van der Waals surface area contributed by atoms with Gasteiger partial charge in [0.2, 0.25) is 5.78 Å². The molecule has 0 aliphatic rings. The lowest BCUT2D eigenvalue weighted by molar-refractivity contribution is -0.116. The number of hydrogen-bond acceptors (Lipinski definition) is 2. The van der Waals surface area contributed by atoms with Crippen LogP contribution in [0.3, 0.4) is 0 Å². The topological polar surface area (TPSA) is 70.5 Å². The summed E-state index contributed by atoms with van der Waals surface area (Å²) in [7, 11) is -0.884. The average molecular weight is 264 g/mol. The zero-order valence-corrected chi connectivity index (χ0v) is 10.9. The van der Waals surface area contributed by atoms with Crippen molar-refractivity contribution in [2.45, 2.75) is 25.0 Å². The molecule has 0 amide bonds. The molecule has 1 rings (SSSR count). The van der Waals surface area contributed by atoms with Crippen molar-refractivity contribution in [3.63, 3.8) is 0 Å². The summed E-state index contributed by atoms with van der Waals surface area (Å²) >= 11 is 0. The quantitative estimate of drug-likeness (QED) is 0.312. The van der Waals surface area contributed by atoms with E-state index >= 15 is 0 Å². The highest BCUT2D eigenvalue weighted by molar-refractivity contribution is 7.84. The van der Waals surface area contributed by atoms with Crippen molar-refractivity contribution < 1.29 is 13.8 Å². The summed E-state index contributed by atoms with van der Waals surface area (Å²) in [5.74, 6) is 0.956. The van der Waals surface area contributed by atoms with Gasteiger partial charge in [0.05, 0.1) is 0 Å². The number of ketones is 1. The van der Waals surface area contributed by atoms with Gasteiger partial charge in [-0.1, -0.05) is 30.3 Å². The third-order valence-corrected chi connectivity index (χ3v) is 3.82. The van der Waals surface area contributed by atoms with Crippen LogP contribution in [0, 0.1) is 0 Å². The Hall–Kier alpha value is -1.58. The van der Waals surface area contributed by atoms with Crippen LogP contribution in [0.15, 0.2) is 30.3 Å². The van der Waals surface area contributed by atoms with Crippen LogP contribution in [0.5, 0.6) is 0 Å². The van der Waals surface area contributed by atoms with E-state index in [2.05, 4.69) is 4.79 Å². The van der Waals surface area contributed by atoms with E-state index in [4.69, 9.17) is 5.53 Å². The molecule has 0 heterocycles. The van der Waals surface area contributed by atoms with Gasteiger partial charge in [0.25, 0.3) is 0 Å². The number of nitrogens with zero attached hydrogens (tertiary/aromatic N) is 2. The van der Waals surface area contributed by atoms with Crippen LogP contribution in [0.1, 0.15) is 24.8 Å². The number of hydrogen-bond donors (Lipinski definition) is 0. The van der Waals surface area contributed by atoms with E-state index in [1.807, 2.05) is 30.3 Å². The van der Waals surface area contributed by atoms with Crippen molar-refractivity contribution in [3.8, 4) is 0 Å². The van der Waals surface area contributed by atoms with Gasteiger partial charge in [-0.15, -0.1) is 0 Å². The third kappa shape index (κ3) is 6.23. The van der Waals surface area contributed by atoms with Gasteiger partial charge in [0.15, 0.2) is 0 Å². The van der Waals surface area contributed by atoms with Gasteiger partial charge in [-0.2, -0.15) is 4.79 Å². The maximum Gasteiger partial charge on any atom is 0.323 e. The molecule has 5 heteroatoms. The molecule has 1 atom stereocenters. The minimum absolute atomic E-state index is 0.202.